The van der Waals surface area contributed by atoms with Crippen LogP contribution in [0.5, 0.6) is 0 Å². The molecule has 0 spiro atoms. The Bertz CT molecular complexity index is 247. The highest BCUT2D eigenvalue weighted by Crippen LogP contribution is 2.01. The van der Waals surface area contributed by atoms with Crippen molar-refractivity contribution in [2.45, 2.75) is 33.6 Å². The average molecular weight is 214 g/mol. The number of rotatable bonds is 3. The molecule has 0 fully saturated rings. The molecule has 2 N–H and O–H groups in total. The molecule has 0 radical (unpaired) electrons. The fraction of sp³-hybridized carbons (Fsp3) is 0.600. The molecule has 3 nitrogen and oxygen atoms in total. The first-order chi connectivity index (χ1) is 6.57. The number of nitrogens with zero attached hydrogens (tertiary/aromatic N) is 1. The zero-order valence-corrected chi connectivity index (χ0v) is 9.80. The minimum atomic E-state index is -0.188. The Hall–Kier alpha value is -0.900. The van der Waals surface area contributed by atoms with E-state index in [2.05, 4.69) is 4.37 Å². The van der Waals surface area contributed by atoms with Crippen molar-refractivity contribution in [2.24, 2.45) is 11.7 Å². The van der Waals surface area contributed by atoms with Crippen molar-refractivity contribution >= 4 is 17.4 Å². The van der Waals surface area contributed by atoms with Gasteiger partial charge in [-0.2, -0.15) is 4.37 Å². The van der Waals surface area contributed by atoms with Gasteiger partial charge in [-0.3, -0.25) is 4.79 Å². The number of aryl methyl sites for hydroxylation is 1. The minimum Gasteiger partial charge on any atom is -0.369 e. The lowest BCUT2D eigenvalue weighted by molar-refractivity contribution is -0.121. The Morgan fingerprint density at radius 2 is 2.36 bits per heavy atom. The number of nitrogens with two attached hydrogens (primary N) is 1. The predicted molar refractivity (Wildman–Crippen MR) is 60.1 cm³/mol. The van der Waals surface area contributed by atoms with Gasteiger partial charge in [-0.25, -0.2) is 0 Å². The lowest BCUT2D eigenvalue weighted by atomic mass is 10.1. The quantitative estimate of drug-likeness (QED) is 0.839. The van der Waals surface area contributed by atoms with E-state index in [0.29, 0.717) is 0 Å². The van der Waals surface area contributed by atoms with Gasteiger partial charge in [0, 0.05) is 11.3 Å². The van der Waals surface area contributed by atoms with Gasteiger partial charge < -0.3 is 5.73 Å². The third kappa shape index (κ3) is 6.60. The second-order valence-corrected chi connectivity index (χ2v) is 3.90. The Kier molecular flexibility index (Phi) is 7.02. The van der Waals surface area contributed by atoms with Crippen LogP contribution in [0.15, 0.2) is 11.4 Å². The molecule has 1 aromatic rings. The summed E-state index contributed by atoms with van der Waals surface area (Å²) in [6, 6.07) is 1.99. The summed E-state index contributed by atoms with van der Waals surface area (Å²) in [6.45, 7) is 5.88. The summed E-state index contributed by atoms with van der Waals surface area (Å²) in [5.41, 5.74) is 6.09. The van der Waals surface area contributed by atoms with Gasteiger partial charge in [0.1, 0.15) is 0 Å². The monoisotopic (exact) mass is 214 g/mol. The molecule has 0 saturated heterocycles. The zero-order valence-electron chi connectivity index (χ0n) is 8.99. The molecule has 1 unspecified atom stereocenters. The van der Waals surface area contributed by atoms with E-state index in [4.69, 9.17) is 5.73 Å². The molecular weight excluding hydrogens is 196 g/mol. The van der Waals surface area contributed by atoms with Crippen molar-refractivity contribution in [3.05, 3.63) is 17.1 Å². The SMILES string of the molecule is CCCC(C)C(N)=O.Cc1ccsn1. The van der Waals surface area contributed by atoms with E-state index in [-0.39, 0.29) is 11.8 Å². The number of carbonyl (C=O) groups excluding carboxylic acids is 1. The smallest absolute Gasteiger partial charge is 0.220 e. The highest BCUT2D eigenvalue weighted by Gasteiger charge is 2.04. The van der Waals surface area contributed by atoms with E-state index in [0.717, 1.165) is 18.5 Å². The molecule has 14 heavy (non-hydrogen) atoms. The molecule has 0 aliphatic rings. The fourth-order valence-electron chi connectivity index (χ4n) is 0.848. The van der Waals surface area contributed by atoms with E-state index < -0.39 is 0 Å². The second kappa shape index (κ2) is 7.50. The van der Waals surface area contributed by atoms with Crippen LogP contribution in [0.4, 0.5) is 0 Å². The van der Waals surface area contributed by atoms with Crippen LogP contribution in [0.1, 0.15) is 32.4 Å². The van der Waals surface area contributed by atoms with Gasteiger partial charge in [0.25, 0.3) is 0 Å². The molecule has 1 heterocycles. The number of carbonyl (C=O) groups is 1. The largest absolute Gasteiger partial charge is 0.369 e. The zero-order chi connectivity index (χ0) is 11.0. The maximum Gasteiger partial charge on any atom is 0.220 e. The molecule has 0 aromatic carbocycles. The van der Waals surface area contributed by atoms with Crippen LogP contribution in [-0.4, -0.2) is 10.3 Å². The molecule has 4 heteroatoms. The second-order valence-electron chi connectivity index (χ2n) is 3.23. The van der Waals surface area contributed by atoms with Crippen LogP contribution in [0.2, 0.25) is 0 Å². The molecule has 0 aliphatic heterocycles. The van der Waals surface area contributed by atoms with Crippen LogP contribution in [0, 0.1) is 12.8 Å². The number of amides is 1. The molecule has 1 atom stereocenters. The van der Waals surface area contributed by atoms with Crippen LogP contribution in [0.3, 0.4) is 0 Å². The van der Waals surface area contributed by atoms with E-state index >= 15 is 0 Å². The van der Waals surface area contributed by atoms with Crippen LogP contribution in [0.25, 0.3) is 0 Å². The van der Waals surface area contributed by atoms with Crippen LogP contribution in [-0.2, 0) is 4.79 Å². The summed E-state index contributed by atoms with van der Waals surface area (Å²) in [7, 11) is 0. The normalized spacial score (nSPS) is 11.4. The highest BCUT2D eigenvalue weighted by atomic mass is 32.1. The molecule has 0 bridgehead atoms. The van der Waals surface area contributed by atoms with Crippen LogP contribution >= 0.6 is 11.5 Å². The van der Waals surface area contributed by atoms with E-state index in [9.17, 15) is 4.79 Å². The third-order valence-electron chi connectivity index (χ3n) is 1.77. The number of hydrogen-bond acceptors (Lipinski definition) is 3. The van der Waals surface area contributed by atoms with Crippen molar-refractivity contribution in [2.75, 3.05) is 0 Å². The summed E-state index contributed by atoms with van der Waals surface area (Å²) < 4.78 is 3.96. The first kappa shape index (κ1) is 13.1. The maximum absolute atomic E-state index is 10.3. The van der Waals surface area contributed by atoms with Crippen LogP contribution < -0.4 is 5.73 Å². The van der Waals surface area contributed by atoms with Crippen molar-refractivity contribution in [1.29, 1.82) is 0 Å². The Morgan fingerprint density at radius 3 is 2.50 bits per heavy atom. The lowest BCUT2D eigenvalue weighted by Crippen LogP contribution is -2.19. The molecule has 1 aromatic heterocycles. The van der Waals surface area contributed by atoms with E-state index in [1.54, 1.807) is 0 Å². The van der Waals surface area contributed by atoms with Gasteiger partial charge in [-0.1, -0.05) is 20.3 Å². The minimum absolute atomic E-state index is 0.0556. The first-order valence-corrected chi connectivity index (χ1v) is 5.57. The van der Waals surface area contributed by atoms with Crippen molar-refractivity contribution in [3.8, 4) is 0 Å². The maximum atomic E-state index is 10.3. The van der Waals surface area contributed by atoms with Gasteiger partial charge in [0.05, 0.1) is 5.69 Å². The number of hydrogen-bond donors (Lipinski definition) is 1. The molecular formula is C10H18N2OS. The Balaban J connectivity index is 0.000000249. The molecule has 1 amide bonds. The van der Waals surface area contributed by atoms with Crippen molar-refractivity contribution in [3.63, 3.8) is 0 Å². The molecule has 80 valence electrons. The van der Waals surface area contributed by atoms with E-state index in [1.807, 2.05) is 32.2 Å². The third-order valence-corrected chi connectivity index (χ3v) is 2.43. The summed E-state index contributed by atoms with van der Waals surface area (Å²) in [4.78, 5) is 10.3. The molecule has 0 aliphatic carbocycles. The average Bonchev–Trinajstić information content (AvgIpc) is 2.57. The first-order valence-electron chi connectivity index (χ1n) is 4.74. The Morgan fingerprint density at radius 1 is 1.71 bits per heavy atom. The topological polar surface area (TPSA) is 56.0 Å². The van der Waals surface area contributed by atoms with Gasteiger partial charge in [-0.05, 0) is 30.9 Å². The molecule has 1 rings (SSSR count). The van der Waals surface area contributed by atoms with Gasteiger partial charge in [-0.15, -0.1) is 0 Å². The fourth-order valence-corrected chi connectivity index (χ4v) is 1.39. The predicted octanol–water partition coefficient (Wildman–Crippen LogP) is 2.36. The van der Waals surface area contributed by atoms with Crippen molar-refractivity contribution < 1.29 is 4.79 Å². The van der Waals surface area contributed by atoms with Gasteiger partial charge in [0.15, 0.2) is 0 Å². The summed E-state index contributed by atoms with van der Waals surface area (Å²) >= 11 is 1.49. The molecule has 0 saturated carbocycles. The highest BCUT2D eigenvalue weighted by molar-refractivity contribution is 7.03. The standard InChI is InChI=1S/C6H13NO.C4H5NS/c1-3-4-5(2)6(7)8;1-4-2-3-6-5-4/h5H,3-4H2,1-2H3,(H2,7,8);2-3H,1H3. The van der Waals surface area contributed by atoms with E-state index in [1.165, 1.54) is 11.5 Å². The summed E-state index contributed by atoms with van der Waals surface area (Å²) in [6.07, 6.45) is 1.94. The van der Waals surface area contributed by atoms with Gasteiger partial charge >= 0.3 is 0 Å². The van der Waals surface area contributed by atoms with Crippen molar-refractivity contribution in [1.82, 2.24) is 4.37 Å². The lowest BCUT2D eigenvalue weighted by Gasteiger charge is -2.01. The number of aromatic nitrogens is 1. The van der Waals surface area contributed by atoms with Gasteiger partial charge in [0.2, 0.25) is 5.91 Å². The Labute approximate surface area is 89.5 Å². The summed E-state index contributed by atoms with van der Waals surface area (Å²) in [5.74, 6) is -0.133. The summed E-state index contributed by atoms with van der Waals surface area (Å²) in [5, 5.41) is 1.97. The number of primary amides is 1.